The fraction of sp³-hybridized carbons (Fsp3) is 0.556. The van der Waals surface area contributed by atoms with E-state index in [0.29, 0.717) is 41.1 Å². The average molecular weight is 399 g/mol. The van der Waals surface area contributed by atoms with Gasteiger partial charge >= 0.3 is 0 Å². The van der Waals surface area contributed by atoms with Gasteiger partial charge in [-0.1, -0.05) is 86.6 Å². The van der Waals surface area contributed by atoms with Crippen molar-refractivity contribution in [1.29, 1.82) is 0 Å². The van der Waals surface area contributed by atoms with Crippen LogP contribution in [0, 0.1) is 29.6 Å². The third-order valence-electron chi connectivity index (χ3n) is 7.36. The monoisotopic (exact) mass is 398 g/mol. The lowest BCUT2D eigenvalue weighted by Crippen LogP contribution is -2.53. The maximum absolute atomic E-state index is 9.79. The summed E-state index contributed by atoms with van der Waals surface area (Å²) in [7, 11) is 0. The standard InChI is InChI=1S/C23H30O2.2C2H6/c1-14-15(2)17(4)23(18(5)16(14)3,19-6-10-21(24)11-7-19)20-8-12-22(25)13-9-20;2*1-2/h6-18,24-25H,1-5H3;2*1-2H3. The number of hydrogen-bond acceptors (Lipinski definition) is 2. The number of aromatic hydroxyl groups is 2. The highest BCUT2D eigenvalue weighted by Gasteiger charge is 2.53. The normalized spacial score (nSPS) is 27.7. The third-order valence-corrected chi connectivity index (χ3v) is 7.36. The van der Waals surface area contributed by atoms with Crippen LogP contribution >= 0.6 is 0 Å². The quantitative estimate of drug-likeness (QED) is 0.546. The van der Waals surface area contributed by atoms with Gasteiger partial charge in [-0.3, -0.25) is 0 Å². The minimum absolute atomic E-state index is 0.132. The zero-order valence-electron chi connectivity index (χ0n) is 19.9. The molecular formula is C27H42O2. The molecule has 0 heterocycles. The van der Waals surface area contributed by atoms with Gasteiger partial charge in [-0.2, -0.15) is 0 Å². The van der Waals surface area contributed by atoms with Gasteiger partial charge in [0.25, 0.3) is 0 Å². The van der Waals surface area contributed by atoms with Crippen LogP contribution in [0.2, 0.25) is 0 Å². The maximum atomic E-state index is 9.79. The van der Waals surface area contributed by atoms with Crippen LogP contribution in [0.5, 0.6) is 11.5 Å². The molecule has 1 fully saturated rings. The van der Waals surface area contributed by atoms with Crippen LogP contribution in [0.25, 0.3) is 0 Å². The molecule has 0 aliphatic heterocycles. The number of phenolic OH excluding ortho intramolecular Hbond substituents is 2. The zero-order valence-corrected chi connectivity index (χ0v) is 19.9. The molecule has 3 rings (SSSR count). The van der Waals surface area contributed by atoms with E-state index in [1.807, 2.05) is 27.7 Å². The lowest BCUT2D eigenvalue weighted by molar-refractivity contribution is 0.0140. The van der Waals surface area contributed by atoms with Gasteiger partial charge in [-0.25, -0.2) is 0 Å². The first-order chi connectivity index (χ1) is 13.8. The number of hydrogen-bond donors (Lipinski definition) is 2. The van der Waals surface area contributed by atoms with Crippen LogP contribution in [-0.2, 0) is 5.41 Å². The SMILES string of the molecule is CC.CC.CC1C(C)C(C)C(c2ccc(O)cc2)(c2ccc(O)cc2)C(C)C1C. The second-order valence-electron chi connectivity index (χ2n) is 8.12. The van der Waals surface area contributed by atoms with E-state index in [2.05, 4.69) is 58.9 Å². The van der Waals surface area contributed by atoms with Crippen LogP contribution in [0.15, 0.2) is 48.5 Å². The van der Waals surface area contributed by atoms with E-state index in [4.69, 9.17) is 0 Å². The van der Waals surface area contributed by atoms with Gasteiger partial charge in [0.2, 0.25) is 0 Å². The van der Waals surface area contributed by atoms with E-state index in [0.717, 1.165) is 0 Å². The molecule has 0 radical (unpaired) electrons. The maximum Gasteiger partial charge on any atom is 0.115 e. The Labute approximate surface area is 179 Å². The lowest BCUT2D eigenvalue weighted by Gasteiger charge is -2.56. The van der Waals surface area contributed by atoms with Crippen LogP contribution in [0.1, 0.15) is 73.4 Å². The zero-order chi connectivity index (χ0) is 22.4. The Morgan fingerprint density at radius 3 is 1.07 bits per heavy atom. The first-order valence-corrected chi connectivity index (χ1v) is 11.4. The van der Waals surface area contributed by atoms with Crippen molar-refractivity contribution in [2.45, 2.75) is 67.7 Å². The topological polar surface area (TPSA) is 40.5 Å². The number of benzene rings is 2. The van der Waals surface area contributed by atoms with Gasteiger partial charge in [0.1, 0.15) is 11.5 Å². The van der Waals surface area contributed by atoms with Crippen LogP contribution in [0.4, 0.5) is 0 Å². The Balaban J connectivity index is 0.000000989. The van der Waals surface area contributed by atoms with Gasteiger partial charge in [0.15, 0.2) is 0 Å². The van der Waals surface area contributed by atoms with Crippen molar-refractivity contribution in [1.82, 2.24) is 0 Å². The fourth-order valence-electron chi connectivity index (χ4n) is 5.33. The Kier molecular flexibility index (Phi) is 9.26. The van der Waals surface area contributed by atoms with Crippen molar-refractivity contribution in [2.75, 3.05) is 0 Å². The van der Waals surface area contributed by atoms with E-state index in [9.17, 15) is 10.2 Å². The summed E-state index contributed by atoms with van der Waals surface area (Å²) in [5.74, 6) is 3.31. The molecule has 2 aromatic carbocycles. The number of rotatable bonds is 2. The molecule has 0 amide bonds. The lowest BCUT2D eigenvalue weighted by atomic mass is 9.47. The molecule has 4 atom stereocenters. The van der Waals surface area contributed by atoms with Gasteiger partial charge in [0.05, 0.1) is 0 Å². The van der Waals surface area contributed by atoms with E-state index in [1.54, 1.807) is 24.3 Å². The largest absolute Gasteiger partial charge is 0.508 e. The van der Waals surface area contributed by atoms with Gasteiger partial charge in [-0.05, 0) is 65.0 Å². The summed E-state index contributed by atoms with van der Waals surface area (Å²) in [4.78, 5) is 0. The average Bonchev–Trinajstić information content (AvgIpc) is 2.76. The summed E-state index contributed by atoms with van der Waals surface area (Å²) in [5, 5.41) is 19.6. The van der Waals surface area contributed by atoms with Crippen molar-refractivity contribution in [3.05, 3.63) is 59.7 Å². The molecule has 2 N–H and O–H groups in total. The van der Waals surface area contributed by atoms with Crippen molar-refractivity contribution < 1.29 is 10.2 Å². The highest BCUT2D eigenvalue weighted by atomic mass is 16.3. The summed E-state index contributed by atoms with van der Waals surface area (Å²) >= 11 is 0. The first-order valence-electron chi connectivity index (χ1n) is 11.4. The smallest absolute Gasteiger partial charge is 0.115 e. The van der Waals surface area contributed by atoms with Crippen LogP contribution in [-0.4, -0.2) is 10.2 Å². The van der Waals surface area contributed by atoms with E-state index in [1.165, 1.54) is 11.1 Å². The first kappa shape index (κ1) is 25.1. The molecule has 1 aliphatic rings. The molecule has 0 saturated heterocycles. The van der Waals surface area contributed by atoms with Crippen LogP contribution in [0.3, 0.4) is 0 Å². The predicted octanol–water partition coefficient (Wildman–Crippen LogP) is 7.63. The fourth-order valence-corrected chi connectivity index (χ4v) is 5.33. The Morgan fingerprint density at radius 1 is 0.517 bits per heavy atom. The molecule has 0 bridgehead atoms. The molecule has 162 valence electrons. The molecule has 1 saturated carbocycles. The molecule has 4 unspecified atom stereocenters. The van der Waals surface area contributed by atoms with Gasteiger partial charge in [0, 0.05) is 5.41 Å². The number of phenols is 2. The molecule has 1 aliphatic carbocycles. The molecule has 0 aromatic heterocycles. The second-order valence-corrected chi connectivity index (χ2v) is 8.12. The van der Waals surface area contributed by atoms with Crippen molar-refractivity contribution in [2.24, 2.45) is 29.6 Å². The van der Waals surface area contributed by atoms with Crippen LogP contribution < -0.4 is 0 Å². The summed E-state index contributed by atoms with van der Waals surface area (Å²) in [6, 6.07) is 15.5. The molecular weight excluding hydrogens is 356 g/mol. The highest BCUT2D eigenvalue weighted by molar-refractivity contribution is 5.45. The van der Waals surface area contributed by atoms with Gasteiger partial charge in [-0.15, -0.1) is 0 Å². The van der Waals surface area contributed by atoms with E-state index in [-0.39, 0.29) is 5.41 Å². The van der Waals surface area contributed by atoms with E-state index >= 15 is 0 Å². The molecule has 29 heavy (non-hydrogen) atoms. The summed E-state index contributed by atoms with van der Waals surface area (Å²) in [6.07, 6.45) is 0. The van der Waals surface area contributed by atoms with Crippen molar-refractivity contribution in [3.63, 3.8) is 0 Å². The Bertz CT molecular complexity index is 654. The third kappa shape index (κ3) is 4.47. The van der Waals surface area contributed by atoms with Gasteiger partial charge < -0.3 is 10.2 Å². The van der Waals surface area contributed by atoms with E-state index < -0.39 is 0 Å². The summed E-state index contributed by atoms with van der Waals surface area (Å²) < 4.78 is 0. The second kappa shape index (κ2) is 10.7. The summed E-state index contributed by atoms with van der Waals surface area (Å²) in [6.45, 7) is 19.8. The predicted molar refractivity (Wildman–Crippen MR) is 126 cm³/mol. The minimum Gasteiger partial charge on any atom is -0.508 e. The highest BCUT2D eigenvalue weighted by Crippen LogP contribution is 2.57. The molecule has 2 nitrogen and oxygen atoms in total. The minimum atomic E-state index is -0.132. The molecule has 2 heteroatoms. The molecule has 2 aromatic rings. The van der Waals surface area contributed by atoms with Crippen molar-refractivity contribution >= 4 is 0 Å². The Morgan fingerprint density at radius 2 is 0.793 bits per heavy atom. The molecule has 0 spiro atoms. The summed E-state index contributed by atoms with van der Waals surface area (Å²) in [5.41, 5.74) is 2.37. The van der Waals surface area contributed by atoms with Crippen molar-refractivity contribution in [3.8, 4) is 11.5 Å². The Hall–Kier alpha value is -1.96.